The summed E-state index contributed by atoms with van der Waals surface area (Å²) in [7, 11) is 0. The van der Waals surface area contributed by atoms with Crippen molar-refractivity contribution >= 4 is 23.2 Å². The first-order valence-electron chi connectivity index (χ1n) is 6.20. The van der Waals surface area contributed by atoms with Crippen molar-refractivity contribution in [2.45, 2.75) is 25.3 Å². The maximum absolute atomic E-state index is 12.8. The quantitative estimate of drug-likeness (QED) is 0.696. The second-order valence-corrected chi connectivity index (χ2v) is 5.20. The number of nitrogens with one attached hydrogen (secondary N) is 1. The molecule has 1 aromatic rings. The maximum atomic E-state index is 12.8. The van der Waals surface area contributed by atoms with Gasteiger partial charge in [0, 0.05) is 10.0 Å². The summed E-state index contributed by atoms with van der Waals surface area (Å²) in [6.45, 7) is 0.738. The molecule has 1 N–H and O–H groups in total. The van der Waals surface area contributed by atoms with Crippen LogP contribution in [0.1, 0.15) is 18.5 Å². The van der Waals surface area contributed by atoms with Crippen molar-refractivity contribution < 1.29 is 22.3 Å². The minimum Gasteiger partial charge on any atom is -0.373 e. The molecule has 0 heterocycles. The highest BCUT2D eigenvalue weighted by Crippen LogP contribution is 2.28. The summed E-state index contributed by atoms with van der Waals surface area (Å²) in [6.07, 6.45) is -3.76. The molecule has 1 unspecified atom stereocenters. The van der Waals surface area contributed by atoms with Crippen LogP contribution in [0.4, 0.5) is 17.6 Å². The third-order valence-electron chi connectivity index (χ3n) is 2.68. The van der Waals surface area contributed by atoms with E-state index in [0.29, 0.717) is 22.2 Å². The zero-order chi connectivity index (χ0) is 16.0. The summed E-state index contributed by atoms with van der Waals surface area (Å²) in [5, 5.41) is 3.79. The van der Waals surface area contributed by atoms with E-state index in [1.54, 1.807) is 25.1 Å². The number of hydrogen-bond acceptors (Lipinski definition) is 2. The summed E-state index contributed by atoms with van der Waals surface area (Å²) in [4.78, 5) is 0. The SMILES string of the molecule is CCNC(COCC(F)(F)C(F)F)c1cc(Cl)ccc1Cl. The predicted octanol–water partition coefficient (Wildman–Crippen LogP) is 4.56. The molecule has 0 bridgehead atoms. The number of alkyl halides is 4. The van der Waals surface area contributed by atoms with E-state index in [1.165, 1.54) is 0 Å². The zero-order valence-electron chi connectivity index (χ0n) is 11.2. The van der Waals surface area contributed by atoms with Gasteiger partial charge in [-0.2, -0.15) is 8.78 Å². The van der Waals surface area contributed by atoms with E-state index in [1.807, 2.05) is 0 Å². The number of ether oxygens (including phenoxy) is 1. The van der Waals surface area contributed by atoms with Gasteiger partial charge in [0.15, 0.2) is 0 Å². The third-order valence-corrected chi connectivity index (χ3v) is 3.26. The monoisotopic (exact) mass is 347 g/mol. The lowest BCUT2D eigenvalue weighted by atomic mass is 10.1. The highest BCUT2D eigenvalue weighted by Gasteiger charge is 2.41. The normalized spacial score (nSPS) is 13.7. The topological polar surface area (TPSA) is 21.3 Å². The summed E-state index contributed by atoms with van der Waals surface area (Å²) < 4.78 is 54.4. The molecule has 2 nitrogen and oxygen atoms in total. The molecule has 1 atom stereocenters. The van der Waals surface area contributed by atoms with E-state index in [-0.39, 0.29) is 6.61 Å². The second-order valence-electron chi connectivity index (χ2n) is 4.35. The fourth-order valence-corrected chi connectivity index (χ4v) is 2.09. The molecular weight excluding hydrogens is 333 g/mol. The van der Waals surface area contributed by atoms with E-state index in [4.69, 9.17) is 27.9 Å². The molecule has 21 heavy (non-hydrogen) atoms. The number of halogens is 6. The van der Waals surface area contributed by atoms with Gasteiger partial charge in [-0.25, -0.2) is 8.78 Å². The Balaban J connectivity index is 2.72. The van der Waals surface area contributed by atoms with Crippen molar-refractivity contribution in [3.05, 3.63) is 33.8 Å². The van der Waals surface area contributed by atoms with E-state index >= 15 is 0 Å². The Hall–Kier alpha value is -0.560. The van der Waals surface area contributed by atoms with Crippen molar-refractivity contribution in [3.8, 4) is 0 Å². The standard InChI is InChI=1S/C13H15Cl2F4NO/c1-2-20-11(6-21-7-13(18,19)12(16)17)9-5-8(14)3-4-10(9)15/h3-5,11-12,20H,2,6-7H2,1H3. The van der Waals surface area contributed by atoms with Gasteiger partial charge >= 0.3 is 12.3 Å². The molecular formula is C13H15Cl2F4NO. The van der Waals surface area contributed by atoms with Crippen LogP contribution in [-0.4, -0.2) is 32.1 Å². The fraction of sp³-hybridized carbons (Fsp3) is 0.538. The van der Waals surface area contributed by atoms with Crippen molar-refractivity contribution in [2.24, 2.45) is 0 Å². The van der Waals surface area contributed by atoms with Gasteiger partial charge in [-0.15, -0.1) is 0 Å². The lowest BCUT2D eigenvalue weighted by Crippen LogP contribution is -2.34. The molecule has 1 rings (SSSR count). The summed E-state index contributed by atoms with van der Waals surface area (Å²) in [5.74, 6) is -4.17. The van der Waals surface area contributed by atoms with E-state index < -0.39 is 25.0 Å². The van der Waals surface area contributed by atoms with E-state index in [0.717, 1.165) is 0 Å². The van der Waals surface area contributed by atoms with Crippen LogP contribution in [0.15, 0.2) is 18.2 Å². The highest BCUT2D eigenvalue weighted by atomic mass is 35.5. The van der Waals surface area contributed by atoms with Gasteiger partial charge in [0.2, 0.25) is 0 Å². The molecule has 0 amide bonds. The van der Waals surface area contributed by atoms with Gasteiger partial charge in [0.05, 0.1) is 12.6 Å². The average molecular weight is 348 g/mol. The number of rotatable bonds is 8. The molecule has 0 aliphatic heterocycles. The van der Waals surface area contributed by atoms with Crippen molar-refractivity contribution in [1.29, 1.82) is 0 Å². The molecule has 8 heteroatoms. The molecule has 0 aromatic heterocycles. The van der Waals surface area contributed by atoms with Crippen molar-refractivity contribution in [3.63, 3.8) is 0 Å². The first-order chi connectivity index (χ1) is 9.77. The molecule has 0 fully saturated rings. The number of hydrogen-bond donors (Lipinski definition) is 1. The van der Waals surface area contributed by atoms with Gasteiger partial charge in [0.1, 0.15) is 6.61 Å². The minimum absolute atomic E-state index is 0.226. The van der Waals surface area contributed by atoms with E-state index in [2.05, 4.69) is 5.32 Å². The fourth-order valence-electron chi connectivity index (χ4n) is 1.66. The Morgan fingerprint density at radius 2 is 1.95 bits per heavy atom. The van der Waals surface area contributed by atoms with E-state index in [9.17, 15) is 17.6 Å². The van der Waals surface area contributed by atoms with Crippen LogP contribution in [0.3, 0.4) is 0 Å². The van der Waals surface area contributed by atoms with Gasteiger partial charge in [0.25, 0.3) is 0 Å². The molecule has 0 spiro atoms. The maximum Gasteiger partial charge on any atom is 0.330 e. The number of likely N-dealkylation sites (N-methyl/N-ethyl adjacent to an activating group) is 1. The van der Waals surface area contributed by atoms with Crippen LogP contribution in [0.2, 0.25) is 10.0 Å². The van der Waals surface area contributed by atoms with Gasteiger partial charge in [-0.05, 0) is 30.3 Å². The van der Waals surface area contributed by atoms with Gasteiger partial charge in [-0.1, -0.05) is 30.1 Å². The smallest absolute Gasteiger partial charge is 0.330 e. The van der Waals surface area contributed by atoms with Crippen molar-refractivity contribution in [1.82, 2.24) is 5.32 Å². The largest absolute Gasteiger partial charge is 0.373 e. The molecule has 0 radical (unpaired) electrons. The lowest BCUT2D eigenvalue weighted by Gasteiger charge is -2.22. The van der Waals surface area contributed by atoms with Crippen molar-refractivity contribution in [2.75, 3.05) is 19.8 Å². The van der Waals surface area contributed by atoms with Crippen LogP contribution >= 0.6 is 23.2 Å². The predicted molar refractivity (Wildman–Crippen MR) is 74.6 cm³/mol. The average Bonchev–Trinajstić information content (AvgIpc) is 2.40. The zero-order valence-corrected chi connectivity index (χ0v) is 12.7. The Kier molecular flexibility index (Phi) is 7.20. The Morgan fingerprint density at radius 3 is 2.52 bits per heavy atom. The third kappa shape index (κ3) is 5.62. The molecule has 0 aliphatic rings. The van der Waals surface area contributed by atoms with Crippen LogP contribution < -0.4 is 5.32 Å². The van der Waals surface area contributed by atoms with Crippen LogP contribution in [0, 0.1) is 0 Å². The highest BCUT2D eigenvalue weighted by molar-refractivity contribution is 6.33. The Bertz CT molecular complexity index is 460. The second kappa shape index (κ2) is 8.17. The number of benzene rings is 1. The molecule has 0 aliphatic carbocycles. The molecule has 120 valence electrons. The Morgan fingerprint density at radius 1 is 1.29 bits per heavy atom. The minimum atomic E-state index is -4.17. The Labute approximate surface area is 130 Å². The summed E-state index contributed by atoms with van der Waals surface area (Å²) in [5.41, 5.74) is 0.561. The molecule has 1 aromatic carbocycles. The first kappa shape index (κ1) is 18.5. The first-order valence-corrected chi connectivity index (χ1v) is 6.95. The van der Waals surface area contributed by atoms with Gasteiger partial charge in [-0.3, -0.25) is 0 Å². The molecule has 0 saturated heterocycles. The lowest BCUT2D eigenvalue weighted by molar-refractivity contribution is -0.167. The van der Waals surface area contributed by atoms with Crippen LogP contribution in [0.5, 0.6) is 0 Å². The summed E-state index contributed by atoms with van der Waals surface area (Å²) in [6, 6.07) is 4.21. The van der Waals surface area contributed by atoms with Gasteiger partial charge < -0.3 is 10.1 Å². The summed E-state index contributed by atoms with van der Waals surface area (Å²) >= 11 is 11.9. The van der Waals surface area contributed by atoms with Crippen LogP contribution in [0.25, 0.3) is 0 Å². The molecule has 0 saturated carbocycles. The van der Waals surface area contributed by atoms with Crippen LogP contribution in [-0.2, 0) is 4.74 Å².